The summed E-state index contributed by atoms with van der Waals surface area (Å²) in [5.41, 5.74) is 9.98. The minimum absolute atomic E-state index is 0.173. The Bertz CT molecular complexity index is 525. The van der Waals surface area contributed by atoms with Gasteiger partial charge in [-0.15, -0.1) is 0 Å². The molecule has 2 aromatic rings. The largest absolute Gasteiger partial charge is 0.327 e. The SMILES string of the molecule is Cc1ccc(CCC(N)Cc2ccn(C(C)C)n2)cc1. The first-order valence-corrected chi connectivity index (χ1v) is 7.40. The number of hydrogen-bond donors (Lipinski definition) is 1. The van der Waals surface area contributed by atoms with E-state index in [0.717, 1.165) is 25.0 Å². The lowest BCUT2D eigenvalue weighted by molar-refractivity contribution is 0.518. The smallest absolute Gasteiger partial charge is 0.0640 e. The summed E-state index contributed by atoms with van der Waals surface area (Å²) in [7, 11) is 0. The van der Waals surface area contributed by atoms with Crippen molar-refractivity contribution in [2.75, 3.05) is 0 Å². The molecule has 0 saturated carbocycles. The summed E-state index contributed by atoms with van der Waals surface area (Å²) in [6.45, 7) is 6.38. The third-order valence-corrected chi connectivity index (χ3v) is 3.59. The maximum Gasteiger partial charge on any atom is 0.0640 e. The van der Waals surface area contributed by atoms with Gasteiger partial charge in [-0.25, -0.2) is 0 Å². The number of nitrogens with two attached hydrogens (primary N) is 1. The van der Waals surface area contributed by atoms with Gasteiger partial charge in [0, 0.05) is 24.7 Å². The zero-order valence-electron chi connectivity index (χ0n) is 12.7. The predicted octanol–water partition coefficient (Wildman–Crippen LogP) is 3.28. The standard InChI is InChI=1S/C17H25N3/c1-13(2)20-11-10-17(19-20)12-16(18)9-8-15-6-4-14(3)5-7-15/h4-7,10-11,13,16H,8-9,12,18H2,1-3H3. The molecular formula is C17H25N3. The van der Waals surface area contributed by atoms with Crippen LogP contribution in [-0.2, 0) is 12.8 Å². The Labute approximate surface area is 121 Å². The first-order valence-electron chi connectivity index (χ1n) is 7.40. The van der Waals surface area contributed by atoms with E-state index in [0.29, 0.717) is 6.04 Å². The van der Waals surface area contributed by atoms with Crippen LogP contribution in [0.3, 0.4) is 0 Å². The summed E-state index contributed by atoms with van der Waals surface area (Å²) >= 11 is 0. The molecule has 1 heterocycles. The van der Waals surface area contributed by atoms with E-state index >= 15 is 0 Å². The molecule has 3 heteroatoms. The molecule has 0 aliphatic carbocycles. The lowest BCUT2D eigenvalue weighted by Gasteiger charge is -2.10. The summed E-state index contributed by atoms with van der Waals surface area (Å²) in [6.07, 6.45) is 4.92. The molecule has 0 aliphatic rings. The van der Waals surface area contributed by atoms with Gasteiger partial charge in [0.25, 0.3) is 0 Å². The highest BCUT2D eigenvalue weighted by molar-refractivity contribution is 5.21. The average Bonchev–Trinajstić information content (AvgIpc) is 2.87. The molecule has 2 N–H and O–H groups in total. The van der Waals surface area contributed by atoms with E-state index in [-0.39, 0.29) is 6.04 Å². The Morgan fingerprint density at radius 2 is 1.85 bits per heavy atom. The number of hydrogen-bond acceptors (Lipinski definition) is 2. The van der Waals surface area contributed by atoms with Crippen LogP contribution in [-0.4, -0.2) is 15.8 Å². The third-order valence-electron chi connectivity index (χ3n) is 3.59. The molecule has 2 rings (SSSR count). The van der Waals surface area contributed by atoms with Gasteiger partial charge in [-0.2, -0.15) is 5.10 Å². The Morgan fingerprint density at radius 3 is 2.45 bits per heavy atom. The maximum atomic E-state index is 6.22. The molecule has 20 heavy (non-hydrogen) atoms. The summed E-state index contributed by atoms with van der Waals surface area (Å²) in [6, 6.07) is 11.4. The van der Waals surface area contributed by atoms with Gasteiger partial charge < -0.3 is 5.73 Å². The van der Waals surface area contributed by atoms with Gasteiger partial charge in [0.1, 0.15) is 0 Å². The van der Waals surface area contributed by atoms with Gasteiger partial charge in [0.05, 0.1) is 5.69 Å². The second kappa shape index (κ2) is 6.71. The molecule has 1 aromatic heterocycles. The monoisotopic (exact) mass is 271 g/mol. The van der Waals surface area contributed by atoms with Crippen LogP contribution in [0.25, 0.3) is 0 Å². The van der Waals surface area contributed by atoms with Crippen LogP contribution in [0.1, 0.15) is 43.1 Å². The van der Waals surface area contributed by atoms with Crippen molar-refractivity contribution in [2.24, 2.45) is 5.73 Å². The number of aromatic nitrogens is 2. The Hall–Kier alpha value is -1.61. The van der Waals surface area contributed by atoms with Crippen LogP contribution in [0.2, 0.25) is 0 Å². The zero-order valence-corrected chi connectivity index (χ0v) is 12.7. The van der Waals surface area contributed by atoms with E-state index in [1.165, 1.54) is 11.1 Å². The molecule has 1 atom stereocenters. The molecule has 0 fully saturated rings. The number of nitrogens with zero attached hydrogens (tertiary/aromatic N) is 2. The quantitative estimate of drug-likeness (QED) is 0.876. The van der Waals surface area contributed by atoms with Crippen LogP contribution in [0.5, 0.6) is 0 Å². The molecule has 3 nitrogen and oxygen atoms in total. The highest BCUT2D eigenvalue weighted by Gasteiger charge is 2.08. The van der Waals surface area contributed by atoms with Crippen LogP contribution >= 0.6 is 0 Å². The van der Waals surface area contributed by atoms with Gasteiger partial charge in [-0.1, -0.05) is 29.8 Å². The van der Waals surface area contributed by atoms with Crippen LogP contribution in [0.15, 0.2) is 36.5 Å². The second-order valence-corrected chi connectivity index (χ2v) is 5.87. The van der Waals surface area contributed by atoms with E-state index in [1.807, 2.05) is 10.9 Å². The van der Waals surface area contributed by atoms with Gasteiger partial charge in [0.2, 0.25) is 0 Å². The van der Waals surface area contributed by atoms with Crippen LogP contribution in [0, 0.1) is 6.92 Å². The summed E-state index contributed by atoms with van der Waals surface area (Å²) in [5, 5.41) is 4.55. The minimum atomic E-state index is 0.173. The Morgan fingerprint density at radius 1 is 1.15 bits per heavy atom. The van der Waals surface area contributed by atoms with Gasteiger partial charge in [-0.3, -0.25) is 4.68 Å². The third kappa shape index (κ3) is 4.20. The van der Waals surface area contributed by atoms with Crippen LogP contribution in [0.4, 0.5) is 0 Å². The fourth-order valence-corrected chi connectivity index (χ4v) is 2.25. The lowest BCUT2D eigenvalue weighted by Crippen LogP contribution is -2.24. The predicted molar refractivity (Wildman–Crippen MR) is 83.8 cm³/mol. The molecule has 0 aliphatic heterocycles. The summed E-state index contributed by atoms with van der Waals surface area (Å²) in [5.74, 6) is 0. The highest BCUT2D eigenvalue weighted by atomic mass is 15.3. The molecule has 0 spiro atoms. The lowest BCUT2D eigenvalue weighted by atomic mass is 10.0. The van der Waals surface area contributed by atoms with E-state index < -0.39 is 0 Å². The molecule has 0 radical (unpaired) electrons. The Kier molecular flexibility index (Phi) is 4.96. The first-order chi connectivity index (χ1) is 9.54. The topological polar surface area (TPSA) is 43.8 Å². The van der Waals surface area contributed by atoms with E-state index in [1.54, 1.807) is 0 Å². The van der Waals surface area contributed by atoms with Gasteiger partial charge >= 0.3 is 0 Å². The molecular weight excluding hydrogens is 246 g/mol. The highest BCUT2D eigenvalue weighted by Crippen LogP contribution is 2.10. The van der Waals surface area contributed by atoms with Crippen molar-refractivity contribution in [3.05, 3.63) is 53.3 Å². The van der Waals surface area contributed by atoms with Crippen molar-refractivity contribution in [3.63, 3.8) is 0 Å². The van der Waals surface area contributed by atoms with E-state index in [4.69, 9.17) is 5.73 Å². The van der Waals surface area contributed by atoms with Crippen molar-refractivity contribution in [3.8, 4) is 0 Å². The fraction of sp³-hybridized carbons (Fsp3) is 0.471. The molecule has 1 unspecified atom stereocenters. The van der Waals surface area contributed by atoms with Crippen LogP contribution < -0.4 is 5.73 Å². The molecule has 0 amide bonds. The summed E-state index contributed by atoms with van der Waals surface area (Å²) < 4.78 is 1.99. The molecule has 1 aromatic carbocycles. The van der Waals surface area contributed by atoms with Gasteiger partial charge in [0.15, 0.2) is 0 Å². The first kappa shape index (κ1) is 14.8. The Balaban J connectivity index is 1.82. The van der Waals surface area contributed by atoms with Crippen molar-refractivity contribution in [1.29, 1.82) is 0 Å². The minimum Gasteiger partial charge on any atom is -0.327 e. The van der Waals surface area contributed by atoms with Crippen molar-refractivity contribution >= 4 is 0 Å². The number of aryl methyl sites for hydroxylation is 2. The maximum absolute atomic E-state index is 6.22. The fourth-order valence-electron chi connectivity index (χ4n) is 2.25. The van der Waals surface area contributed by atoms with Crippen molar-refractivity contribution in [1.82, 2.24) is 9.78 Å². The summed E-state index contributed by atoms with van der Waals surface area (Å²) in [4.78, 5) is 0. The van der Waals surface area contributed by atoms with Crippen molar-refractivity contribution < 1.29 is 0 Å². The molecule has 0 bridgehead atoms. The number of rotatable bonds is 6. The van der Waals surface area contributed by atoms with Gasteiger partial charge in [-0.05, 0) is 45.2 Å². The van der Waals surface area contributed by atoms with E-state index in [9.17, 15) is 0 Å². The molecule has 0 saturated heterocycles. The average molecular weight is 271 g/mol. The normalized spacial score (nSPS) is 12.8. The molecule has 108 valence electrons. The van der Waals surface area contributed by atoms with E-state index in [2.05, 4.69) is 56.2 Å². The number of benzene rings is 1. The van der Waals surface area contributed by atoms with Crippen molar-refractivity contribution in [2.45, 2.75) is 52.1 Å². The zero-order chi connectivity index (χ0) is 14.5. The second-order valence-electron chi connectivity index (χ2n) is 5.87.